The molecule has 2 fully saturated rings. The SMILES string of the molecule is C/C=C(/c1ncc(-c2ccc3cc(-c4ccc(-c5cnc([C@@H]6CC7(CC7)CN6C(=O)CNC(=O)OC)[nH]5)cc4)ccc3c2)[nH]1)N(CCC#N)C(=O)[C@@H](NC(=O)OC)C(C)(C)C. The van der Waals surface area contributed by atoms with E-state index >= 15 is 0 Å². The third-order valence-corrected chi connectivity index (χ3v) is 11.6. The summed E-state index contributed by atoms with van der Waals surface area (Å²) in [5.74, 6) is 0.650. The number of hydrogen-bond acceptors (Lipinski definition) is 9. The van der Waals surface area contributed by atoms with Gasteiger partial charge in [-0.15, -0.1) is 0 Å². The number of aromatic nitrogens is 4. The second kappa shape index (κ2) is 17.3. The fourth-order valence-electron chi connectivity index (χ4n) is 8.02. The summed E-state index contributed by atoms with van der Waals surface area (Å²) < 4.78 is 9.44. The zero-order valence-corrected chi connectivity index (χ0v) is 35.3. The zero-order valence-electron chi connectivity index (χ0n) is 35.3. The second-order valence-electron chi connectivity index (χ2n) is 16.8. The van der Waals surface area contributed by atoms with E-state index in [0.717, 1.165) is 69.5 Å². The average molecular weight is 826 g/mol. The van der Waals surface area contributed by atoms with Crippen LogP contribution in [0.15, 0.2) is 79.1 Å². The topological polar surface area (TPSA) is 198 Å². The molecule has 1 saturated heterocycles. The van der Waals surface area contributed by atoms with Gasteiger partial charge >= 0.3 is 12.2 Å². The highest BCUT2D eigenvalue weighted by Crippen LogP contribution is 2.58. The minimum absolute atomic E-state index is 0.0820. The predicted octanol–water partition coefficient (Wildman–Crippen LogP) is 7.57. The number of ether oxygens (including phenoxy) is 2. The number of carbonyl (C=O) groups is 4. The van der Waals surface area contributed by atoms with Crippen molar-refractivity contribution in [3.63, 3.8) is 0 Å². The molecule has 3 heterocycles. The number of aromatic amines is 2. The van der Waals surface area contributed by atoms with E-state index in [4.69, 9.17) is 9.72 Å². The van der Waals surface area contributed by atoms with Crippen LogP contribution in [0.5, 0.6) is 0 Å². The first kappa shape index (κ1) is 42.2. The Morgan fingerprint density at radius 1 is 0.918 bits per heavy atom. The molecule has 61 heavy (non-hydrogen) atoms. The van der Waals surface area contributed by atoms with Crippen LogP contribution in [0.4, 0.5) is 9.59 Å². The summed E-state index contributed by atoms with van der Waals surface area (Å²) in [7, 11) is 2.52. The van der Waals surface area contributed by atoms with E-state index < -0.39 is 23.6 Å². The Balaban J connectivity index is 1.06. The van der Waals surface area contributed by atoms with Crippen molar-refractivity contribution >= 4 is 40.5 Å². The van der Waals surface area contributed by atoms with Crippen LogP contribution in [0.3, 0.4) is 0 Å². The lowest BCUT2D eigenvalue weighted by Crippen LogP contribution is -2.54. The summed E-state index contributed by atoms with van der Waals surface area (Å²) in [5, 5.41) is 16.7. The van der Waals surface area contributed by atoms with Gasteiger partial charge in [0.1, 0.15) is 18.4 Å². The molecular weight excluding hydrogens is 775 g/mol. The molecule has 4 N–H and O–H groups in total. The van der Waals surface area contributed by atoms with Gasteiger partial charge in [0.25, 0.3) is 0 Å². The molecule has 1 saturated carbocycles. The number of carbonyl (C=O) groups excluding carboxylic acids is 4. The van der Waals surface area contributed by atoms with E-state index in [2.05, 4.69) is 91.0 Å². The van der Waals surface area contributed by atoms with E-state index in [1.165, 1.54) is 19.1 Å². The molecule has 1 spiro atoms. The van der Waals surface area contributed by atoms with Crippen LogP contribution in [-0.2, 0) is 19.1 Å². The van der Waals surface area contributed by atoms with Crippen molar-refractivity contribution in [3.05, 3.63) is 90.8 Å². The number of rotatable bonds is 12. The number of likely N-dealkylation sites (tertiary alicyclic amines) is 1. The Morgan fingerprint density at radius 3 is 2.18 bits per heavy atom. The molecule has 316 valence electrons. The molecule has 15 nitrogen and oxygen atoms in total. The maximum Gasteiger partial charge on any atom is 0.407 e. The highest BCUT2D eigenvalue weighted by atomic mass is 16.5. The van der Waals surface area contributed by atoms with Gasteiger partial charge in [0.05, 0.1) is 62.2 Å². The Labute approximate surface area is 354 Å². The Morgan fingerprint density at radius 2 is 1.54 bits per heavy atom. The number of alkyl carbamates (subject to hydrolysis) is 2. The maximum atomic E-state index is 14.0. The summed E-state index contributed by atoms with van der Waals surface area (Å²) in [6.45, 7) is 7.98. The number of allylic oxidation sites excluding steroid dienone is 1. The Kier molecular flexibility index (Phi) is 12.0. The number of benzene rings is 3. The lowest BCUT2D eigenvalue weighted by Gasteiger charge is -2.35. The summed E-state index contributed by atoms with van der Waals surface area (Å²) in [6.07, 6.45) is 7.03. The minimum Gasteiger partial charge on any atom is -0.453 e. The van der Waals surface area contributed by atoms with Gasteiger partial charge in [0, 0.05) is 18.7 Å². The van der Waals surface area contributed by atoms with E-state index in [9.17, 15) is 24.4 Å². The van der Waals surface area contributed by atoms with Crippen molar-refractivity contribution in [1.82, 2.24) is 40.4 Å². The normalized spacial score (nSPS) is 16.2. The number of hydrogen-bond donors (Lipinski definition) is 4. The van der Waals surface area contributed by atoms with Crippen LogP contribution in [-0.4, -0.2) is 93.6 Å². The highest BCUT2D eigenvalue weighted by molar-refractivity contribution is 5.93. The van der Waals surface area contributed by atoms with Crippen molar-refractivity contribution in [2.24, 2.45) is 10.8 Å². The van der Waals surface area contributed by atoms with Gasteiger partial charge in [-0.3, -0.25) is 9.59 Å². The first-order chi connectivity index (χ1) is 29.3. The van der Waals surface area contributed by atoms with Gasteiger partial charge in [-0.1, -0.05) is 75.4 Å². The van der Waals surface area contributed by atoms with Crippen molar-refractivity contribution < 1.29 is 28.7 Å². The van der Waals surface area contributed by atoms with Crippen molar-refractivity contribution in [2.75, 3.05) is 33.9 Å². The zero-order chi connectivity index (χ0) is 43.5. The van der Waals surface area contributed by atoms with E-state index in [1.807, 2.05) is 37.9 Å². The molecule has 5 aromatic rings. The number of amides is 4. The number of methoxy groups -OCH3 is 2. The van der Waals surface area contributed by atoms with Crippen LogP contribution < -0.4 is 10.6 Å². The number of imidazole rings is 2. The van der Waals surface area contributed by atoms with Crippen LogP contribution in [0.1, 0.15) is 71.1 Å². The molecule has 1 aliphatic heterocycles. The largest absolute Gasteiger partial charge is 0.453 e. The molecule has 3 aromatic carbocycles. The predicted molar refractivity (Wildman–Crippen MR) is 230 cm³/mol. The summed E-state index contributed by atoms with van der Waals surface area (Å²) >= 11 is 0. The van der Waals surface area contributed by atoms with E-state index in [0.29, 0.717) is 18.1 Å². The molecule has 1 aliphatic carbocycles. The molecule has 0 radical (unpaired) electrons. The van der Waals surface area contributed by atoms with Crippen molar-refractivity contribution in [3.8, 4) is 39.7 Å². The van der Waals surface area contributed by atoms with Gasteiger partial charge in [-0.2, -0.15) is 5.26 Å². The molecule has 4 amide bonds. The molecular formula is C46H51N9O6. The molecule has 0 bridgehead atoms. The molecule has 2 aromatic heterocycles. The fraction of sp³-hybridized carbons (Fsp3) is 0.370. The number of fused-ring (bicyclic) bond motifs is 1. The van der Waals surface area contributed by atoms with Crippen molar-refractivity contribution in [1.29, 1.82) is 5.26 Å². The van der Waals surface area contributed by atoms with Crippen molar-refractivity contribution in [2.45, 2.75) is 65.5 Å². The van der Waals surface area contributed by atoms with Gasteiger partial charge in [0.15, 0.2) is 5.82 Å². The molecule has 2 aliphatic rings. The molecule has 0 unspecified atom stereocenters. The summed E-state index contributed by atoms with van der Waals surface area (Å²) in [5.41, 5.74) is 5.57. The Bertz CT molecular complexity index is 2520. The molecule has 15 heteroatoms. The first-order valence-electron chi connectivity index (χ1n) is 20.3. The standard InChI is InChI=1S/C46H51N9O6/c1-7-36(54(20-8-19-47)42(57)39(45(2,3)4)53-44(59)61-6)40-48-25-35(52-40)33-16-15-31-21-30(13-14-32(31)22-33)28-9-11-29(12-10-28)34-24-49-41(51-34)37-23-46(17-18-46)27-55(37)38(56)26-50-43(58)60-5/h7,9-16,21-22,24-25,37,39H,8,17-18,20,23,26-27H2,1-6H3,(H,48,52)(H,49,51)(H,50,58)(H,53,59)/b36-7-/t37-,39+/m0/s1. The second-order valence-corrected chi connectivity index (χ2v) is 16.8. The van der Waals surface area contributed by atoms with Gasteiger partial charge < -0.3 is 39.9 Å². The Hall–Kier alpha value is -6.95. The average Bonchev–Trinajstić information content (AvgIpc) is 3.59. The van der Waals surface area contributed by atoms with Crippen LogP contribution in [0.2, 0.25) is 0 Å². The van der Waals surface area contributed by atoms with Crippen LogP contribution in [0, 0.1) is 22.2 Å². The lowest BCUT2D eigenvalue weighted by atomic mass is 9.85. The highest BCUT2D eigenvalue weighted by Gasteiger charge is 2.54. The van der Waals surface area contributed by atoms with Gasteiger partial charge in [-0.05, 0) is 76.6 Å². The van der Waals surface area contributed by atoms with Crippen LogP contribution >= 0.6 is 0 Å². The number of H-pyrrole nitrogens is 2. The molecule has 7 rings (SSSR count). The maximum absolute atomic E-state index is 14.0. The molecule has 2 atom stereocenters. The summed E-state index contributed by atoms with van der Waals surface area (Å²) in [4.78, 5) is 70.5. The monoisotopic (exact) mass is 825 g/mol. The third-order valence-electron chi connectivity index (χ3n) is 11.6. The number of nitriles is 1. The summed E-state index contributed by atoms with van der Waals surface area (Å²) in [6, 6.07) is 21.8. The third kappa shape index (κ3) is 9.13. The minimum atomic E-state index is -0.927. The smallest absolute Gasteiger partial charge is 0.407 e. The number of nitrogens with one attached hydrogen (secondary N) is 4. The van der Waals surface area contributed by atoms with Gasteiger partial charge in [-0.25, -0.2) is 19.6 Å². The van der Waals surface area contributed by atoms with E-state index in [1.54, 1.807) is 19.2 Å². The van der Waals surface area contributed by atoms with Crippen LogP contribution in [0.25, 0.3) is 50.1 Å². The fourth-order valence-corrected chi connectivity index (χ4v) is 8.02. The quantitative estimate of drug-likeness (QED) is 0.0980. The number of nitrogens with zero attached hydrogens (tertiary/aromatic N) is 5. The first-order valence-corrected chi connectivity index (χ1v) is 20.3. The van der Waals surface area contributed by atoms with Gasteiger partial charge in [0.2, 0.25) is 11.8 Å². The van der Waals surface area contributed by atoms with E-state index in [-0.39, 0.29) is 42.8 Å². The lowest BCUT2D eigenvalue weighted by molar-refractivity contribution is -0.133.